The second kappa shape index (κ2) is 11.2. The minimum Gasteiger partial charge on any atom is -0.370 e. The van der Waals surface area contributed by atoms with Crippen LogP contribution in [0, 0.1) is 5.41 Å². The number of sulfonamides is 1. The van der Waals surface area contributed by atoms with Crippen molar-refractivity contribution in [2.45, 2.75) is 69.2 Å². The molecule has 1 saturated carbocycles. The number of benzene rings is 2. The van der Waals surface area contributed by atoms with Gasteiger partial charge >= 0.3 is 0 Å². The maximum atomic E-state index is 14.4. The van der Waals surface area contributed by atoms with Crippen LogP contribution in [0.1, 0.15) is 69.0 Å². The molecule has 10 heteroatoms. The van der Waals surface area contributed by atoms with Crippen LogP contribution in [0.2, 0.25) is 10.0 Å². The fraction of sp³-hybridized carbons (Fsp3) is 0.500. The van der Waals surface area contributed by atoms with Crippen LogP contribution in [0.5, 0.6) is 0 Å². The topological polar surface area (TPSA) is 101 Å². The van der Waals surface area contributed by atoms with Crippen molar-refractivity contribution < 1.29 is 18.0 Å². The van der Waals surface area contributed by atoms with Gasteiger partial charge in [-0.25, -0.2) is 12.7 Å². The maximum absolute atomic E-state index is 14.4. The molecule has 0 spiro atoms. The van der Waals surface area contributed by atoms with Gasteiger partial charge in [-0.1, -0.05) is 61.3 Å². The van der Waals surface area contributed by atoms with Gasteiger partial charge in [0.2, 0.25) is 21.8 Å². The number of hydrogen-bond donors (Lipinski definition) is 1. The Morgan fingerprint density at radius 2 is 1.79 bits per heavy atom. The van der Waals surface area contributed by atoms with Gasteiger partial charge < -0.3 is 10.6 Å². The van der Waals surface area contributed by atoms with E-state index in [4.69, 9.17) is 28.9 Å². The summed E-state index contributed by atoms with van der Waals surface area (Å²) in [5.74, 6) is -0.994. The van der Waals surface area contributed by atoms with E-state index in [0.29, 0.717) is 35.7 Å². The molecule has 2 aromatic rings. The number of hydrogen-bond acceptors (Lipinski definition) is 4. The highest BCUT2D eigenvalue weighted by Crippen LogP contribution is 2.52. The van der Waals surface area contributed by atoms with Crippen LogP contribution < -0.4 is 5.73 Å². The van der Waals surface area contributed by atoms with Crippen LogP contribution in [-0.2, 0) is 19.6 Å². The molecule has 1 heterocycles. The Balaban J connectivity index is 1.86. The number of piperidine rings is 1. The van der Waals surface area contributed by atoms with Crippen LogP contribution in [0.3, 0.4) is 0 Å². The predicted molar refractivity (Wildman–Crippen MR) is 150 cm³/mol. The number of amides is 2. The molecule has 4 unspecified atom stereocenters. The van der Waals surface area contributed by atoms with Gasteiger partial charge in [0.05, 0.1) is 16.7 Å². The number of nitrogens with zero attached hydrogens (tertiary/aromatic N) is 2. The van der Waals surface area contributed by atoms with Gasteiger partial charge in [0.1, 0.15) is 0 Å². The third kappa shape index (κ3) is 5.88. The Morgan fingerprint density at radius 1 is 1.13 bits per heavy atom. The maximum Gasteiger partial charge on any atom is 0.229 e. The van der Waals surface area contributed by atoms with Gasteiger partial charge in [0.15, 0.2) is 0 Å². The second-order valence-corrected chi connectivity index (χ2v) is 14.1. The third-order valence-electron chi connectivity index (χ3n) is 7.87. The molecule has 0 bridgehead atoms. The molecule has 4 rings (SSSR count). The molecule has 4 atom stereocenters. The fourth-order valence-electron chi connectivity index (χ4n) is 5.77. The monoisotopic (exact) mass is 579 g/mol. The van der Waals surface area contributed by atoms with Crippen LogP contribution in [-0.4, -0.2) is 54.3 Å². The van der Waals surface area contributed by atoms with Crippen molar-refractivity contribution in [3.05, 3.63) is 69.7 Å². The lowest BCUT2D eigenvalue weighted by Crippen LogP contribution is -2.58. The first kappa shape index (κ1) is 28.9. The molecule has 1 aliphatic heterocycles. The molecule has 2 N–H and O–H groups in total. The normalized spacial score (nSPS) is 25.0. The highest BCUT2D eigenvalue weighted by Gasteiger charge is 2.52. The number of likely N-dealkylation sites (tertiary alicyclic amines) is 1. The van der Waals surface area contributed by atoms with E-state index in [0.717, 1.165) is 11.1 Å². The van der Waals surface area contributed by atoms with E-state index < -0.39 is 33.4 Å². The quantitative estimate of drug-likeness (QED) is 0.421. The van der Waals surface area contributed by atoms with Gasteiger partial charge in [-0.15, -0.1) is 0 Å². The summed E-state index contributed by atoms with van der Waals surface area (Å²) >= 11 is 12.6. The zero-order valence-electron chi connectivity index (χ0n) is 21.9. The molecule has 38 heavy (non-hydrogen) atoms. The Kier molecular flexibility index (Phi) is 8.48. The Labute approximate surface area is 235 Å². The van der Waals surface area contributed by atoms with Crippen LogP contribution >= 0.6 is 23.2 Å². The van der Waals surface area contributed by atoms with Gasteiger partial charge in [-0.2, -0.15) is 0 Å². The Bertz CT molecular complexity index is 1300. The van der Waals surface area contributed by atoms with Crippen molar-refractivity contribution in [1.82, 2.24) is 9.21 Å². The zero-order chi connectivity index (χ0) is 27.8. The summed E-state index contributed by atoms with van der Waals surface area (Å²) in [5, 5.41) is 0.788. The molecular weight excluding hydrogens is 545 g/mol. The van der Waals surface area contributed by atoms with E-state index in [-0.39, 0.29) is 30.0 Å². The highest BCUT2D eigenvalue weighted by atomic mass is 35.5. The van der Waals surface area contributed by atoms with E-state index in [2.05, 4.69) is 0 Å². The van der Waals surface area contributed by atoms with E-state index in [1.807, 2.05) is 37.3 Å². The number of likely N-dealkylation sites (N-methyl/N-ethyl adjacent to an activating group) is 1. The average molecular weight is 581 g/mol. The zero-order valence-corrected chi connectivity index (χ0v) is 24.3. The summed E-state index contributed by atoms with van der Waals surface area (Å²) < 4.78 is 27.4. The largest absolute Gasteiger partial charge is 0.370 e. The summed E-state index contributed by atoms with van der Waals surface area (Å²) in [6, 6.07) is 14.0. The van der Waals surface area contributed by atoms with Gasteiger partial charge in [-0.3, -0.25) is 9.59 Å². The van der Waals surface area contributed by atoms with E-state index >= 15 is 0 Å². The van der Waals surface area contributed by atoms with Crippen molar-refractivity contribution >= 4 is 45.0 Å². The standard InChI is InChI=1S/C28H35Cl2N3O4S/c1-4-22(17-32(3)38(36,37)23-12-13-23)33-26(18-8-10-20(29)11-9-18)24(19-6-5-7-21(30)14-19)15-28(2,27(33)35)16-25(31)34/h5-11,14,22-24,26H,4,12-13,15-17H2,1-3H3,(H2,31,34). The van der Waals surface area contributed by atoms with Crippen molar-refractivity contribution in [3.63, 3.8) is 0 Å². The SMILES string of the molecule is CCC(CN(C)S(=O)(=O)C1CC1)N1C(=O)C(C)(CC(N)=O)CC(c2cccc(Cl)c2)C1c1ccc(Cl)cc1. The molecule has 7 nitrogen and oxygen atoms in total. The fourth-order valence-corrected chi connectivity index (χ4v) is 7.71. The van der Waals surface area contributed by atoms with Gasteiger partial charge in [0, 0.05) is 42.0 Å². The van der Waals surface area contributed by atoms with E-state index in [9.17, 15) is 18.0 Å². The average Bonchev–Trinajstić information content (AvgIpc) is 3.70. The van der Waals surface area contributed by atoms with Crippen molar-refractivity contribution in [2.75, 3.05) is 13.6 Å². The minimum atomic E-state index is -3.45. The molecule has 2 fully saturated rings. The number of halogens is 2. The summed E-state index contributed by atoms with van der Waals surface area (Å²) in [6.07, 6.45) is 2.11. The minimum absolute atomic E-state index is 0.112. The number of nitrogens with two attached hydrogens (primary N) is 1. The molecule has 2 aliphatic rings. The molecule has 0 radical (unpaired) electrons. The summed E-state index contributed by atoms with van der Waals surface area (Å²) in [7, 11) is -1.87. The van der Waals surface area contributed by atoms with Crippen molar-refractivity contribution in [1.29, 1.82) is 0 Å². The first-order valence-corrected chi connectivity index (χ1v) is 15.2. The number of carbonyl (C=O) groups is 2. The number of primary amides is 1. The van der Waals surface area contributed by atoms with Crippen LogP contribution in [0.25, 0.3) is 0 Å². The molecular formula is C28H35Cl2N3O4S. The molecule has 2 aromatic carbocycles. The van der Waals surface area contributed by atoms with Crippen molar-refractivity contribution in [3.8, 4) is 0 Å². The molecule has 2 amide bonds. The first-order valence-electron chi connectivity index (χ1n) is 12.9. The highest BCUT2D eigenvalue weighted by molar-refractivity contribution is 7.90. The molecule has 1 saturated heterocycles. The third-order valence-corrected chi connectivity index (χ3v) is 10.7. The predicted octanol–water partition coefficient (Wildman–Crippen LogP) is 5.13. The summed E-state index contributed by atoms with van der Waals surface area (Å²) in [6.45, 7) is 3.88. The van der Waals surface area contributed by atoms with E-state index in [1.165, 1.54) is 4.31 Å². The first-order chi connectivity index (χ1) is 17.9. The van der Waals surface area contributed by atoms with Gasteiger partial charge in [0.25, 0.3) is 0 Å². The lowest BCUT2D eigenvalue weighted by atomic mass is 9.67. The molecule has 206 valence electrons. The summed E-state index contributed by atoms with van der Waals surface area (Å²) in [5.41, 5.74) is 6.38. The molecule has 1 aliphatic carbocycles. The van der Waals surface area contributed by atoms with Crippen LogP contribution in [0.4, 0.5) is 0 Å². The second-order valence-electron chi connectivity index (χ2n) is 10.9. The summed E-state index contributed by atoms with van der Waals surface area (Å²) in [4.78, 5) is 28.3. The Morgan fingerprint density at radius 3 is 2.34 bits per heavy atom. The van der Waals surface area contributed by atoms with Gasteiger partial charge in [-0.05, 0) is 61.1 Å². The molecule has 0 aromatic heterocycles. The smallest absolute Gasteiger partial charge is 0.229 e. The number of rotatable bonds is 10. The van der Waals surface area contributed by atoms with Crippen molar-refractivity contribution in [2.24, 2.45) is 11.1 Å². The number of carbonyl (C=O) groups excluding carboxylic acids is 2. The van der Waals surface area contributed by atoms with E-state index in [1.54, 1.807) is 37.1 Å². The lowest BCUT2D eigenvalue weighted by Gasteiger charge is -2.52. The van der Waals surface area contributed by atoms with Crippen LogP contribution in [0.15, 0.2) is 48.5 Å². The Hall–Kier alpha value is -2.13. The lowest BCUT2D eigenvalue weighted by molar-refractivity contribution is -0.157.